The van der Waals surface area contributed by atoms with Gasteiger partial charge in [0.2, 0.25) is 0 Å². The van der Waals surface area contributed by atoms with Gasteiger partial charge in [0.05, 0.1) is 6.54 Å². The van der Waals surface area contributed by atoms with Gasteiger partial charge in [0.25, 0.3) is 0 Å². The molecule has 0 bridgehead atoms. The Bertz CT molecular complexity index is 419. The standard InChI is InChI=1S/C22H44N4O2/c1-4-23-22(24-13-8-14-28-18-19-11-15-27-16-12-19)25-17-21(26(2)3)20-9-6-5-7-10-20/h19-21H,4-18H2,1-3H3,(H2,23,24,25). The Hall–Kier alpha value is -0.850. The molecule has 2 aliphatic rings. The van der Waals surface area contributed by atoms with E-state index < -0.39 is 0 Å². The predicted molar refractivity (Wildman–Crippen MR) is 117 cm³/mol. The first-order valence-electron chi connectivity index (χ1n) is 11.5. The topological polar surface area (TPSA) is 58.1 Å². The number of likely N-dealkylation sites (N-methyl/N-ethyl adjacent to an activating group) is 1. The highest BCUT2D eigenvalue weighted by molar-refractivity contribution is 5.79. The van der Waals surface area contributed by atoms with Crippen LogP contribution in [0.4, 0.5) is 0 Å². The zero-order valence-corrected chi connectivity index (χ0v) is 18.5. The van der Waals surface area contributed by atoms with Crippen molar-refractivity contribution in [1.82, 2.24) is 15.5 Å². The van der Waals surface area contributed by atoms with E-state index in [1.54, 1.807) is 0 Å². The molecule has 0 aromatic rings. The second-order valence-electron chi connectivity index (χ2n) is 8.56. The molecule has 0 aromatic heterocycles. The van der Waals surface area contributed by atoms with E-state index in [1.165, 1.54) is 32.1 Å². The minimum absolute atomic E-state index is 0.540. The van der Waals surface area contributed by atoms with Crippen molar-refractivity contribution in [1.29, 1.82) is 0 Å². The number of ether oxygens (including phenoxy) is 2. The minimum Gasteiger partial charge on any atom is -0.381 e. The maximum absolute atomic E-state index is 5.86. The van der Waals surface area contributed by atoms with Gasteiger partial charge in [-0.1, -0.05) is 19.3 Å². The van der Waals surface area contributed by atoms with Crippen LogP contribution in [0.5, 0.6) is 0 Å². The van der Waals surface area contributed by atoms with Crippen LogP contribution in [-0.4, -0.2) is 77.1 Å². The monoisotopic (exact) mass is 396 g/mol. The molecule has 0 amide bonds. The summed E-state index contributed by atoms with van der Waals surface area (Å²) in [5.74, 6) is 2.41. The van der Waals surface area contributed by atoms with Crippen molar-refractivity contribution < 1.29 is 9.47 Å². The lowest BCUT2D eigenvalue weighted by Gasteiger charge is -2.34. The highest BCUT2D eigenvalue weighted by Gasteiger charge is 2.25. The van der Waals surface area contributed by atoms with Crippen molar-refractivity contribution in [2.75, 3.05) is 60.2 Å². The summed E-state index contributed by atoms with van der Waals surface area (Å²) in [5.41, 5.74) is 0. The molecule has 1 heterocycles. The summed E-state index contributed by atoms with van der Waals surface area (Å²) >= 11 is 0. The Morgan fingerprint density at radius 3 is 2.54 bits per heavy atom. The van der Waals surface area contributed by atoms with Gasteiger partial charge >= 0.3 is 0 Å². The smallest absolute Gasteiger partial charge is 0.191 e. The predicted octanol–water partition coefficient (Wildman–Crippen LogP) is 2.89. The van der Waals surface area contributed by atoms with Crippen LogP contribution in [-0.2, 0) is 9.47 Å². The van der Waals surface area contributed by atoms with Gasteiger partial charge in [-0.2, -0.15) is 0 Å². The van der Waals surface area contributed by atoms with Crippen LogP contribution in [0.15, 0.2) is 4.99 Å². The van der Waals surface area contributed by atoms with Crippen LogP contribution in [0.3, 0.4) is 0 Å². The molecule has 0 aromatic carbocycles. The molecule has 2 fully saturated rings. The second kappa shape index (κ2) is 14.2. The molecule has 6 nitrogen and oxygen atoms in total. The first-order valence-corrected chi connectivity index (χ1v) is 11.5. The Kier molecular flexibility index (Phi) is 11.9. The van der Waals surface area contributed by atoms with Crippen LogP contribution in [0.2, 0.25) is 0 Å². The molecule has 1 atom stereocenters. The van der Waals surface area contributed by atoms with E-state index in [0.717, 1.165) is 77.2 Å². The average molecular weight is 397 g/mol. The summed E-state index contributed by atoms with van der Waals surface area (Å²) in [6.45, 7) is 8.26. The molecule has 0 radical (unpaired) electrons. The molecular weight excluding hydrogens is 352 g/mol. The van der Waals surface area contributed by atoms with Crippen LogP contribution in [0, 0.1) is 11.8 Å². The van der Waals surface area contributed by atoms with Crippen molar-refractivity contribution in [3.63, 3.8) is 0 Å². The fourth-order valence-corrected chi connectivity index (χ4v) is 4.32. The van der Waals surface area contributed by atoms with E-state index >= 15 is 0 Å². The molecule has 2 N–H and O–H groups in total. The van der Waals surface area contributed by atoms with Gasteiger partial charge in [0.15, 0.2) is 5.96 Å². The molecule has 164 valence electrons. The van der Waals surface area contributed by atoms with Crippen molar-refractivity contribution in [3.05, 3.63) is 0 Å². The lowest BCUT2D eigenvalue weighted by Crippen LogP contribution is -2.42. The van der Waals surface area contributed by atoms with Crippen molar-refractivity contribution in [3.8, 4) is 0 Å². The highest BCUT2D eigenvalue weighted by Crippen LogP contribution is 2.28. The number of hydrogen-bond acceptors (Lipinski definition) is 4. The molecule has 1 aliphatic heterocycles. The normalized spacial score (nSPS) is 21.1. The van der Waals surface area contributed by atoms with Gasteiger partial charge < -0.3 is 25.0 Å². The summed E-state index contributed by atoms with van der Waals surface area (Å²) in [5, 5.41) is 6.86. The van der Waals surface area contributed by atoms with E-state index in [1.807, 2.05) is 0 Å². The van der Waals surface area contributed by atoms with E-state index in [-0.39, 0.29) is 0 Å². The van der Waals surface area contributed by atoms with Gasteiger partial charge in [0, 0.05) is 45.6 Å². The van der Waals surface area contributed by atoms with Crippen LogP contribution in [0.25, 0.3) is 0 Å². The van der Waals surface area contributed by atoms with Crippen LogP contribution < -0.4 is 10.6 Å². The summed E-state index contributed by atoms with van der Waals surface area (Å²) in [4.78, 5) is 7.27. The van der Waals surface area contributed by atoms with Gasteiger partial charge in [0.1, 0.15) is 0 Å². The largest absolute Gasteiger partial charge is 0.381 e. The van der Waals surface area contributed by atoms with Gasteiger partial charge in [-0.05, 0) is 65.0 Å². The van der Waals surface area contributed by atoms with E-state index in [4.69, 9.17) is 14.5 Å². The lowest BCUT2D eigenvalue weighted by atomic mass is 9.83. The zero-order valence-electron chi connectivity index (χ0n) is 18.5. The number of aliphatic imine (C=N–C) groups is 1. The summed E-state index contributed by atoms with van der Waals surface area (Å²) < 4.78 is 11.3. The van der Waals surface area contributed by atoms with Crippen molar-refractivity contribution in [2.24, 2.45) is 16.8 Å². The highest BCUT2D eigenvalue weighted by atomic mass is 16.5. The number of nitrogens with zero attached hydrogens (tertiary/aromatic N) is 2. The number of rotatable bonds is 11. The number of guanidine groups is 1. The van der Waals surface area contributed by atoms with E-state index in [9.17, 15) is 0 Å². The molecule has 2 rings (SSSR count). The third kappa shape index (κ3) is 9.10. The Morgan fingerprint density at radius 1 is 1.11 bits per heavy atom. The van der Waals surface area contributed by atoms with Crippen LogP contribution in [0.1, 0.15) is 58.3 Å². The Morgan fingerprint density at radius 2 is 1.86 bits per heavy atom. The minimum atomic E-state index is 0.540. The summed E-state index contributed by atoms with van der Waals surface area (Å²) in [6.07, 6.45) is 10.2. The number of nitrogens with one attached hydrogen (secondary N) is 2. The van der Waals surface area contributed by atoms with Gasteiger partial charge in [-0.25, -0.2) is 0 Å². The van der Waals surface area contributed by atoms with Gasteiger partial charge in [-0.15, -0.1) is 0 Å². The summed E-state index contributed by atoms with van der Waals surface area (Å²) in [7, 11) is 4.40. The molecule has 1 aliphatic carbocycles. The molecular formula is C22H44N4O2. The van der Waals surface area contributed by atoms with Crippen molar-refractivity contribution >= 4 is 5.96 Å². The maximum Gasteiger partial charge on any atom is 0.191 e. The Labute approximate surface area is 172 Å². The third-order valence-corrected chi connectivity index (χ3v) is 6.09. The first kappa shape index (κ1) is 23.4. The summed E-state index contributed by atoms with van der Waals surface area (Å²) in [6, 6.07) is 0.540. The molecule has 28 heavy (non-hydrogen) atoms. The zero-order chi connectivity index (χ0) is 20.0. The average Bonchev–Trinajstić information content (AvgIpc) is 2.72. The molecule has 1 saturated heterocycles. The fraction of sp³-hybridized carbons (Fsp3) is 0.955. The van der Waals surface area contributed by atoms with Gasteiger partial charge in [-0.3, -0.25) is 4.99 Å². The first-order chi connectivity index (χ1) is 13.7. The molecule has 1 unspecified atom stereocenters. The Balaban J connectivity index is 1.66. The van der Waals surface area contributed by atoms with E-state index in [0.29, 0.717) is 12.0 Å². The number of hydrogen-bond donors (Lipinski definition) is 2. The van der Waals surface area contributed by atoms with E-state index in [2.05, 4.69) is 36.6 Å². The quantitative estimate of drug-likeness (QED) is 0.319. The fourth-order valence-electron chi connectivity index (χ4n) is 4.32. The molecule has 0 spiro atoms. The SMILES string of the molecule is CCNC(=NCC(C1CCCCC1)N(C)C)NCCCOCC1CCOCC1. The second-order valence-corrected chi connectivity index (χ2v) is 8.56. The molecule has 6 heteroatoms. The molecule has 1 saturated carbocycles. The lowest BCUT2D eigenvalue weighted by molar-refractivity contribution is 0.0203. The maximum atomic E-state index is 5.86. The third-order valence-electron chi connectivity index (χ3n) is 6.09. The van der Waals surface area contributed by atoms with Crippen molar-refractivity contribution in [2.45, 2.75) is 64.3 Å². The van der Waals surface area contributed by atoms with Crippen LogP contribution >= 0.6 is 0 Å².